The molecule has 1 aromatic heterocycles. The van der Waals surface area contributed by atoms with Crippen molar-refractivity contribution >= 4 is 17.6 Å². The highest BCUT2D eigenvalue weighted by Crippen LogP contribution is 2.25. The molecule has 0 bridgehead atoms. The number of aryl methyl sites for hydroxylation is 4. The fraction of sp³-hybridized carbons (Fsp3) is 0.250. The highest BCUT2D eigenvalue weighted by molar-refractivity contribution is 5.64. The summed E-state index contributed by atoms with van der Waals surface area (Å²) >= 11 is 0. The number of hydrogen-bond acceptors (Lipinski definition) is 5. The van der Waals surface area contributed by atoms with Crippen molar-refractivity contribution in [1.82, 2.24) is 15.0 Å². The Labute approximate surface area is 196 Å². The lowest BCUT2D eigenvalue weighted by Gasteiger charge is -2.24. The minimum atomic E-state index is 0.574. The maximum Gasteiger partial charge on any atom is 0.232 e. The van der Waals surface area contributed by atoms with E-state index in [1.54, 1.807) is 0 Å². The molecule has 1 heterocycles. The standard InChI is InChI=1S/C28H31N5/c1-20-17-21(2)26(22(3)18-20)31-27-29-23(4)30-28(32-27)33(19-25-13-9-6-10-14-25)16-15-24-11-7-5-8-12-24/h5-14,17-18H,15-16,19H2,1-4H3,(H,29,30,31,32). The molecule has 0 aliphatic heterocycles. The average Bonchev–Trinajstić information content (AvgIpc) is 2.80. The van der Waals surface area contributed by atoms with Crippen LogP contribution in [-0.2, 0) is 13.0 Å². The summed E-state index contributed by atoms with van der Waals surface area (Å²) in [6, 6.07) is 25.3. The number of aromatic nitrogens is 3. The molecular formula is C28H31N5. The summed E-state index contributed by atoms with van der Waals surface area (Å²) in [6.45, 7) is 9.80. The zero-order chi connectivity index (χ0) is 23.2. The summed E-state index contributed by atoms with van der Waals surface area (Å²) in [6.07, 6.45) is 0.914. The quantitative estimate of drug-likeness (QED) is 0.361. The fourth-order valence-electron chi connectivity index (χ4n) is 4.12. The van der Waals surface area contributed by atoms with Crippen LogP contribution in [0.5, 0.6) is 0 Å². The van der Waals surface area contributed by atoms with Crippen LogP contribution in [0.2, 0.25) is 0 Å². The second-order valence-corrected chi connectivity index (χ2v) is 8.55. The Hall–Kier alpha value is -3.73. The zero-order valence-corrected chi connectivity index (χ0v) is 19.8. The lowest BCUT2D eigenvalue weighted by Crippen LogP contribution is -2.28. The number of benzene rings is 3. The van der Waals surface area contributed by atoms with Crippen molar-refractivity contribution in [1.29, 1.82) is 0 Å². The predicted octanol–water partition coefficient (Wildman–Crippen LogP) is 6.10. The average molecular weight is 438 g/mol. The van der Waals surface area contributed by atoms with Crippen molar-refractivity contribution in [2.24, 2.45) is 0 Å². The van der Waals surface area contributed by atoms with Gasteiger partial charge in [0.15, 0.2) is 0 Å². The molecule has 5 heteroatoms. The van der Waals surface area contributed by atoms with Gasteiger partial charge in [-0.15, -0.1) is 0 Å². The van der Waals surface area contributed by atoms with Gasteiger partial charge in [0.25, 0.3) is 0 Å². The molecule has 3 aromatic carbocycles. The monoisotopic (exact) mass is 437 g/mol. The summed E-state index contributed by atoms with van der Waals surface area (Å²) < 4.78 is 0. The van der Waals surface area contributed by atoms with E-state index in [-0.39, 0.29) is 0 Å². The van der Waals surface area contributed by atoms with Crippen LogP contribution in [0.4, 0.5) is 17.6 Å². The molecule has 4 aromatic rings. The normalized spacial score (nSPS) is 10.8. The highest BCUT2D eigenvalue weighted by atomic mass is 15.3. The van der Waals surface area contributed by atoms with Crippen molar-refractivity contribution in [3.8, 4) is 0 Å². The largest absolute Gasteiger partial charge is 0.336 e. The van der Waals surface area contributed by atoms with Crippen LogP contribution in [0.1, 0.15) is 33.6 Å². The Bertz CT molecular complexity index is 1180. The van der Waals surface area contributed by atoms with Crippen LogP contribution in [0, 0.1) is 27.7 Å². The van der Waals surface area contributed by atoms with Gasteiger partial charge in [-0.05, 0) is 56.4 Å². The smallest absolute Gasteiger partial charge is 0.232 e. The number of nitrogens with zero attached hydrogens (tertiary/aromatic N) is 4. The number of hydrogen-bond donors (Lipinski definition) is 1. The van der Waals surface area contributed by atoms with Crippen molar-refractivity contribution in [2.45, 2.75) is 40.7 Å². The molecule has 5 nitrogen and oxygen atoms in total. The van der Waals surface area contributed by atoms with Gasteiger partial charge in [-0.25, -0.2) is 0 Å². The van der Waals surface area contributed by atoms with E-state index in [1.807, 2.05) is 19.1 Å². The number of anilines is 3. The van der Waals surface area contributed by atoms with Crippen LogP contribution >= 0.6 is 0 Å². The molecule has 0 saturated carbocycles. The van der Waals surface area contributed by atoms with Gasteiger partial charge in [-0.1, -0.05) is 78.4 Å². The first-order valence-corrected chi connectivity index (χ1v) is 11.4. The Kier molecular flexibility index (Phi) is 6.98. The second-order valence-electron chi connectivity index (χ2n) is 8.55. The minimum Gasteiger partial charge on any atom is -0.336 e. The van der Waals surface area contributed by atoms with E-state index in [0.717, 1.165) is 25.2 Å². The second kappa shape index (κ2) is 10.3. The molecule has 0 saturated heterocycles. The van der Waals surface area contributed by atoms with Crippen LogP contribution in [0.15, 0.2) is 72.8 Å². The molecule has 0 aliphatic rings. The predicted molar refractivity (Wildman–Crippen MR) is 136 cm³/mol. The van der Waals surface area contributed by atoms with Crippen molar-refractivity contribution in [3.05, 3.63) is 106 Å². The first-order chi connectivity index (χ1) is 16.0. The van der Waals surface area contributed by atoms with Gasteiger partial charge in [0.05, 0.1) is 0 Å². The molecule has 0 fully saturated rings. The Balaban J connectivity index is 1.63. The van der Waals surface area contributed by atoms with E-state index in [2.05, 4.69) is 96.6 Å². The molecule has 0 radical (unpaired) electrons. The van der Waals surface area contributed by atoms with Gasteiger partial charge in [-0.2, -0.15) is 15.0 Å². The molecule has 33 heavy (non-hydrogen) atoms. The lowest BCUT2D eigenvalue weighted by molar-refractivity contribution is 0.742. The summed E-state index contributed by atoms with van der Waals surface area (Å²) in [5.41, 5.74) is 7.18. The molecule has 0 amide bonds. The Morgan fingerprint density at radius 2 is 1.33 bits per heavy atom. The minimum absolute atomic E-state index is 0.574. The van der Waals surface area contributed by atoms with Gasteiger partial charge in [0.2, 0.25) is 11.9 Å². The Morgan fingerprint density at radius 1 is 0.727 bits per heavy atom. The van der Waals surface area contributed by atoms with E-state index in [4.69, 9.17) is 9.97 Å². The third kappa shape index (κ3) is 5.95. The lowest BCUT2D eigenvalue weighted by atomic mass is 10.1. The van der Waals surface area contributed by atoms with E-state index >= 15 is 0 Å². The molecule has 4 rings (SSSR count). The van der Waals surface area contributed by atoms with Crippen molar-refractivity contribution in [3.63, 3.8) is 0 Å². The third-order valence-electron chi connectivity index (χ3n) is 5.66. The number of nitrogens with one attached hydrogen (secondary N) is 1. The van der Waals surface area contributed by atoms with E-state index in [9.17, 15) is 0 Å². The SMILES string of the molecule is Cc1cc(C)c(Nc2nc(C)nc(N(CCc3ccccc3)Cc3ccccc3)n2)c(C)c1. The molecule has 0 atom stereocenters. The summed E-state index contributed by atoms with van der Waals surface area (Å²) in [7, 11) is 0. The molecule has 168 valence electrons. The van der Waals surface area contributed by atoms with Gasteiger partial charge in [-0.3, -0.25) is 0 Å². The van der Waals surface area contributed by atoms with Gasteiger partial charge in [0, 0.05) is 18.8 Å². The van der Waals surface area contributed by atoms with Crippen LogP contribution in [-0.4, -0.2) is 21.5 Å². The van der Waals surface area contributed by atoms with Gasteiger partial charge < -0.3 is 10.2 Å². The van der Waals surface area contributed by atoms with Gasteiger partial charge >= 0.3 is 0 Å². The highest BCUT2D eigenvalue weighted by Gasteiger charge is 2.15. The molecular weight excluding hydrogens is 406 g/mol. The van der Waals surface area contributed by atoms with Crippen molar-refractivity contribution in [2.75, 3.05) is 16.8 Å². The fourth-order valence-corrected chi connectivity index (χ4v) is 4.12. The van der Waals surface area contributed by atoms with E-state index < -0.39 is 0 Å². The van der Waals surface area contributed by atoms with Crippen LogP contribution < -0.4 is 10.2 Å². The van der Waals surface area contributed by atoms with Gasteiger partial charge in [0.1, 0.15) is 5.82 Å². The third-order valence-corrected chi connectivity index (χ3v) is 5.66. The topological polar surface area (TPSA) is 53.9 Å². The first-order valence-electron chi connectivity index (χ1n) is 11.4. The zero-order valence-electron chi connectivity index (χ0n) is 19.8. The summed E-state index contributed by atoms with van der Waals surface area (Å²) in [4.78, 5) is 16.4. The Morgan fingerprint density at radius 3 is 1.97 bits per heavy atom. The molecule has 0 aliphatic carbocycles. The first kappa shape index (κ1) is 22.5. The van der Waals surface area contributed by atoms with Crippen molar-refractivity contribution < 1.29 is 0 Å². The molecule has 0 unspecified atom stereocenters. The summed E-state index contributed by atoms with van der Waals surface area (Å²) in [5, 5.41) is 3.45. The van der Waals surface area contributed by atoms with Crippen LogP contribution in [0.3, 0.4) is 0 Å². The molecule has 0 spiro atoms. The van der Waals surface area contributed by atoms with Crippen LogP contribution in [0.25, 0.3) is 0 Å². The van der Waals surface area contributed by atoms with E-state index in [1.165, 1.54) is 27.8 Å². The maximum absolute atomic E-state index is 4.83. The number of rotatable bonds is 8. The molecule has 1 N–H and O–H groups in total. The summed E-state index contributed by atoms with van der Waals surface area (Å²) in [5.74, 6) is 1.96. The van der Waals surface area contributed by atoms with E-state index in [0.29, 0.717) is 17.7 Å². The maximum atomic E-state index is 4.83.